The van der Waals surface area contributed by atoms with Gasteiger partial charge in [-0.1, -0.05) is 12.1 Å². The average molecular weight is 328 g/mol. The first-order chi connectivity index (χ1) is 11.4. The van der Waals surface area contributed by atoms with Gasteiger partial charge in [0.2, 0.25) is 0 Å². The third kappa shape index (κ3) is 4.07. The Bertz CT molecular complexity index is 691. The van der Waals surface area contributed by atoms with Crippen LogP contribution in [0.15, 0.2) is 36.5 Å². The number of rotatable bonds is 3. The number of ether oxygens (including phenoxy) is 1. The van der Waals surface area contributed by atoms with Crippen LogP contribution in [0, 0.1) is 0 Å². The number of aromatic amines is 1. The van der Waals surface area contributed by atoms with E-state index in [1.165, 1.54) is 0 Å². The number of likely N-dealkylation sites (tertiary alicyclic amines) is 1. The van der Waals surface area contributed by atoms with Gasteiger partial charge in [0, 0.05) is 36.6 Å². The monoisotopic (exact) mass is 328 g/mol. The summed E-state index contributed by atoms with van der Waals surface area (Å²) in [5.41, 5.74) is 2.65. The molecule has 6 heteroatoms. The molecule has 0 aliphatic carbocycles. The Morgan fingerprint density at radius 3 is 2.92 bits per heavy atom. The number of nitrogens with one attached hydrogen (secondary N) is 2. The molecule has 0 bridgehead atoms. The van der Waals surface area contributed by atoms with E-state index >= 15 is 0 Å². The summed E-state index contributed by atoms with van der Waals surface area (Å²) in [6.07, 6.45) is 2.41. The average Bonchev–Trinajstić information content (AvgIpc) is 3.17. The first-order valence-electron chi connectivity index (χ1n) is 8.25. The molecule has 2 aromatic rings. The van der Waals surface area contributed by atoms with E-state index in [9.17, 15) is 4.79 Å². The molecule has 2 heterocycles. The first-order valence-corrected chi connectivity index (χ1v) is 8.25. The van der Waals surface area contributed by atoms with Crippen molar-refractivity contribution >= 4 is 11.8 Å². The van der Waals surface area contributed by atoms with Crippen molar-refractivity contribution in [3.05, 3.63) is 36.5 Å². The van der Waals surface area contributed by atoms with Crippen molar-refractivity contribution in [3.63, 3.8) is 0 Å². The second kappa shape index (κ2) is 6.55. The van der Waals surface area contributed by atoms with E-state index in [1.807, 2.05) is 45.0 Å². The van der Waals surface area contributed by atoms with Crippen molar-refractivity contribution < 1.29 is 9.53 Å². The summed E-state index contributed by atoms with van der Waals surface area (Å²) < 4.78 is 5.44. The third-order valence-corrected chi connectivity index (χ3v) is 3.89. The van der Waals surface area contributed by atoms with Gasteiger partial charge >= 0.3 is 6.09 Å². The lowest BCUT2D eigenvalue weighted by Gasteiger charge is -2.24. The standard InChI is InChI=1S/C18H24N4O2/c1-18(2,3)24-17(23)22-10-8-15(12-22)20-14-6-4-5-13(11-14)16-7-9-19-21-16/h4-7,9,11,15,20H,8,10,12H2,1-3H3,(H,19,21). The molecule has 1 aliphatic rings. The number of nitrogens with zero attached hydrogens (tertiary/aromatic N) is 2. The number of amides is 1. The van der Waals surface area contributed by atoms with Crippen molar-refractivity contribution in [3.8, 4) is 11.3 Å². The number of carbonyl (C=O) groups excluding carboxylic acids is 1. The minimum Gasteiger partial charge on any atom is -0.444 e. The van der Waals surface area contributed by atoms with E-state index in [4.69, 9.17) is 4.74 Å². The molecule has 0 radical (unpaired) electrons. The fourth-order valence-electron chi connectivity index (χ4n) is 2.80. The van der Waals surface area contributed by atoms with E-state index in [1.54, 1.807) is 11.1 Å². The Morgan fingerprint density at radius 1 is 1.38 bits per heavy atom. The van der Waals surface area contributed by atoms with Crippen molar-refractivity contribution in [2.75, 3.05) is 18.4 Å². The zero-order valence-electron chi connectivity index (χ0n) is 14.4. The van der Waals surface area contributed by atoms with Gasteiger partial charge in [-0.25, -0.2) is 4.79 Å². The molecule has 6 nitrogen and oxygen atoms in total. The van der Waals surface area contributed by atoms with Gasteiger partial charge in [0.05, 0.1) is 5.69 Å². The van der Waals surface area contributed by atoms with Crippen LogP contribution in [-0.4, -0.2) is 45.9 Å². The topological polar surface area (TPSA) is 70.2 Å². The van der Waals surface area contributed by atoms with Gasteiger partial charge in [0.25, 0.3) is 0 Å². The van der Waals surface area contributed by atoms with Crippen LogP contribution in [-0.2, 0) is 4.74 Å². The molecule has 1 unspecified atom stereocenters. The fourth-order valence-corrected chi connectivity index (χ4v) is 2.80. The molecular weight excluding hydrogens is 304 g/mol. The maximum atomic E-state index is 12.1. The summed E-state index contributed by atoms with van der Waals surface area (Å²) in [6, 6.07) is 10.4. The van der Waals surface area contributed by atoms with Gasteiger partial charge in [-0.2, -0.15) is 5.10 Å². The molecule has 1 amide bonds. The van der Waals surface area contributed by atoms with Gasteiger partial charge in [-0.3, -0.25) is 5.10 Å². The van der Waals surface area contributed by atoms with Crippen LogP contribution in [0.1, 0.15) is 27.2 Å². The predicted octanol–water partition coefficient (Wildman–Crippen LogP) is 3.50. The van der Waals surface area contributed by atoms with Gasteiger partial charge in [-0.15, -0.1) is 0 Å². The SMILES string of the molecule is CC(C)(C)OC(=O)N1CCC(Nc2cccc(-c3ccn[nH]3)c2)C1. The zero-order valence-corrected chi connectivity index (χ0v) is 14.4. The fraction of sp³-hybridized carbons (Fsp3) is 0.444. The molecule has 2 N–H and O–H groups in total. The summed E-state index contributed by atoms with van der Waals surface area (Å²) in [7, 11) is 0. The lowest BCUT2D eigenvalue weighted by molar-refractivity contribution is 0.0293. The maximum absolute atomic E-state index is 12.1. The molecule has 128 valence electrons. The predicted molar refractivity (Wildman–Crippen MR) is 93.9 cm³/mol. The Balaban J connectivity index is 1.60. The Morgan fingerprint density at radius 2 is 2.21 bits per heavy atom. The number of hydrogen-bond donors (Lipinski definition) is 2. The van der Waals surface area contributed by atoms with Crippen LogP contribution in [0.4, 0.5) is 10.5 Å². The molecule has 24 heavy (non-hydrogen) atoms. The second-order valence-corrected chi connectivity index (χ2v) is 7.11. The molecule has 1 aliphatic heterocycles. The van der Waals surface area contributed by atoms with E-state index < -0.39 is 5.60 Å². The number of benzene rings is 1. The number of aromatic nitrogens is 2. The largest absolute Gasteiger partial charge is 0.444 e. The molecule has 1 saturated heterocycles. The van der Waals surface area contributed by atoms with Gasteiger partial charge < -0.3 is 15.0 Å². The highest BCUT2D eigenvalue weighted by atomic mass is 16.6. The van der Waals surface area contributed by atoms with Crippen LogP contribution in [0.2, 0.25) is 0 Å². The van der Waals surface area contributed by atoms with Crippen LogP contribution < -0.4 is 5.32 Å². The second-order valence-electron chi connectivity index (χ2n) is 7.11. The number of carbonyl (C=O) groups is 1. The Hall–Kier alpha value is -2.50. The lowest BCUT2D eigenvalue weighted by Crippen LogP contribution is -2.36. The van der Waals surface area contributed by atoms with Crippen molar-refractivity contribution in [2.24, 2.45) is 0 Å². The summed E-state index contributed by atoms with van der Waals surface area (Å²) >= 11 is 0. The van der Waals surface area contributed by atoms with Crippen molar-refractivity contribution in [1.82, 2.24) is 15.1 Å². The van der Waals surface area contributed by atoms with E-state index in [2.05, 4.69) is 21.6 Å². The molecule has 1 atom stereocenters. The summed E-state index contributed by atoms with van der Waals surface area (Å²) in [5.74, 6) is 0. The van der Waals surface area contributed by atoms with E-state index in [0.29, 0.717) is 13.1 Å². The quantitative estimate of drug-likeness (QED) is 0.905. The normalized spacial score (nSPS) is 17.8. The Kier molecular flexibility index (Phi) is 4.46. The highest BCUT2D eigenvalue weighted by molar-refractivity contribution is 5.69. The highest BCUT2D eigenvalue weighted by Crippen LogP contribution is 2.23. The number of hydrogen-bond acceptors (Lipinski definition) is 4. The molecule has 0 saturated carbocycles. The molecule has 1 fully saturated rings. The minimum absolute atomic E-state index is 0.231. The van der Waals surface area contributed by atoms with E-state index in [0.717, 1.165) is 23.4 Å². The van der Waals surface area contributed by atoms with Crippen LogP contribution in [0.3, 0.4) is 0 Å². The first kappa shape index (κ1) is 16.4. The van der Waals surface area contributed by atoms with Crippen molar-refractivity contribution in [2.45, 2.75) is 38.8 Å². The van der Waals surface area contributed by atoms with Crippen LogP contribution >= 0.6 is 0 Å². The molecule has 3 rings (SSSR count). The van der Waals surface area contributed by atoms with Crippen molar-refractivity contribution in [1.29, 1.82) is 0 Å². The van der Waals surface area contributed by atoms with E-state index in [-0.39, 0.29) is 12.1 Å². The Labute approximate surface area is 142 Å². The van der Waals surface area contributed by atoms with Crippen LogP contribution in [0.25, 0.3) is 11.3 Å². The van der Waals surface area contributed by atoms with Gasteiger partial charge in [-0.05, 0) is 45.4 Å². The zero-order chi connectivity index (χ0) is 17.2. The number of H-pyrrole nitrogens is 1. The maximum Gasteiger partial charge on any atom is 0.410 e. The van der Waals surface area contributed by atoms with Crippen LogP contribution in [0.5, 0.6) is 0 Å². The molecular formula is C18H24N4O2. The highest BCUT2D eigenvalue weighted by Gasteiger charge is 2.29. The molecule has 1 aromatic carbocycles. The summed E-state index contributed by atoms with van der Waals surface area (Å²) in [4.78, 5) is 13.9. The smallest absolute Gasteiger partial charge is 0.410 e. The summed E-state index contributed by atoms with van der Waals surface area (Å²) in [6.45, 7) is 7.03. The lowest BCUT2D eigenvalue weighted by atomic mass is 10.1. The number of anilines is 1. The molecule has 1 aromatic heterocycles. The minimum atomic E-state index is -0.457. The summed E-state index contributed by atoms with van der Waals surface area (Å²) in [5, 5.41) is 10.5. The molecule has 0 spiro atoms. The van der Waals surface area contributed by atoms with Gasteiger partial charge in [0.15, 0.2) is 0 Å². The van der Waals surface area contributed by atoms with Gasteiger partial charge in [0.1, 0.15) is 5.60 Å². The third-order valence-electron chi connectivity index (χ3n) is 3.89.